The van der Waals surface area contributed by atoms with Crippen LogP contribution in [0.5, 0.6) is 0 Å². The Morgan fingerprint density at radius 2 is 2.33 bits per heavy atom. The van der Waals surface area contributed by atoms with Gasteiger partial charge in [0.15, 0.2) is 0 Å². The van der Waals surface area contributed by atoms with E-state index in [1.165, 1.54) is 11.0 Å². The minimum atomic E-state index is -0.742. The number of hydrogen-bond donors (Lipinski definition) is 2. The highest BCUT2D eigenvalue weighted by Crippen LogP contribution is 2.26. The van der Waals surface area contributed by atoms with Crippen molar-refractivity contribution in [3.63, 3.8) is 0 Å². The van der Waals surface area contributed by atoms with Crippen LogP contribution >= 0.6 is 11.6 Å². The predicted octanol–water partition coefficient (Wildman–Crippen LogP) is 1.76. The molecule has 0 bridgehead atoms. The molecule has 0 saturated heterocycles. The lowest BCUT2D eigenvalue weighted by atomic mass is 10.1. The summed E-state index contributed by atoms with van der Waals surface area (Å²) in [5.74, 6) is -0.366. The molecule has 1 aliphatic heterocycles. The van der Waals surface area contributed by atoms with Gasteiger partial charge < -0.3 is 5.32 Å². The molecular weight excluding hydrogens is 294 g/mol. The summed E-state index contributed by atoms with van der Waals surface area (Å²) in [6.07, 6.45) is 1.30. The van der Waals surface area contributed by atoms with Crippen molar-refractivity contribution in [1.82, 2.24) is 14.8 Å². The Morgan fingerprint density at radius 3 is 3.10 bits per heavy atom. The largest absolute Gasteiger partial charge is 0.323 e. The monoisotopic (exact) mass is 305 g/mol. The number of nitrogens with zero attached hydrogens (tertiary/aromatic N) is 3. The first-order valence-corrected chi connectivity index (χ1v) is 6.69. The average molecular weight is 306 g/mol. The molecule has 8 heteroatoms. The van der Waals surface area contributed by atoms with Crippen molar-refractivity contribution < 1.29 is 9.59 Å². The number of carbonyl (C=O) groups is 2. The smallest absolute Gasteiger partial charge is 0.249 e. The Morgan fingerprint density at radius 1 is 1.52 bits per heavy atom. The number of aromatic nitrogens is 3. The fourth-order valence-corrected chi connectivity index (χ4v) is 2.43. The molecule has 1 aromatic carbocycles. The van der Waals surface area contributed by atoms with Crippen LogP contribution in [0.15, 0.2) is 24.5 Å². The lowest BCUT2D eigenvalue weighted by Crippen LogP contribution is -2.36. The number of rotatable bonds is 2. The second kappa shape index (κ2) is 5.17. The summed E-state index contributed by atoms with van der Waals surface area (Å²) in [6.45, 7) is 1.91. The molecule has 1 atom stereocenters. The zero-order valence-corrected chi connectivity index (χ0v) is 11.9. The van der Waals surface area contributed by atoms with Crippen LogP contribution < -0.4 is 10.6 Å². The van der Waals surface area contributed by atoms with E-state index in [1.807, 2.05) is 13.0 Å². The van der Waals surface area contributed by atoms with Crippen LogP contribution in [-0.2, 0) is 9.59 Å². The first-order chi connectivity index (χ1) is 10.0. The maximum absolute atomic E-state index is 12.4. The van der Waals surface area contributed by atoms with Gasteiger partial charge in [-0.25, -0.2) is 4.68 Å². The molecule has 0 aliphatic carbocycles. The lowest BCUT2D eigenvalue weighted by molar-refractivity contribution is -0.125. The molecule has 3 rings (SSSR count). The van der Waals surface area contributed by atoms with Crippen LogP contribution in [0, 0.1) is 6.92 Å². The molecule has 2 amide bonds. The first kappa shape index (κ1) is 13.6. The van der Waals surface area contributed by atoms with E-state index in [1.54, 1.807) is 12.1 Å². The van der Waals surface area contributed by atoms with Gasteiger partial charge in [-0.2, -0.15) is 10.1 Å². The number of fused-ring (bicyclic) bond motifs is 1. The van der Waals surface area contributed by atoms with E-state index in [4.69, 9.17) is 11.6 Å². The Bertz CT molecular complexity index is 727. The summed E-state index contributed by atoms with van der Waals surface area (Å²) in [5.41, 5.74) is 1.49. The SMILES string of the molecule is Cc1ccc(NC(=O)[C@H]2CC(=O)Nc3ncnn32)c(Cl)c1. The second-order valence-electron chi connectivity index (χ2n) is 4.77. The van der Waals surface area contributed by atoms with Crippen molar-refractivity contribution >= 4 is 35.1 Å². The van der Waals surface area contributed by atoms with Crippen molar-refractivity contribution in [3.05, 3.63) is 35.1 Å². The lowest BCUT2D eigenvalue weighted by Gasteiger charge is -2.22. The maximum Gasteiger partial charge on any atom is 0.249 e. The Hall–Kier alpha value is -2.41. The highest BCUT2D eigenvalue weighted by atomic mass is 35.5. The molecule has 7 nitrogen and oxygen atoms in total. The molecule has 21 heavy (non-hydrogen) atoms. The van der Waals surface area contributed by atoms with Gasteiger partial charge in [-0.05, 0) is 24.6 Å². The number of hydrogen-bond acceptors (Lipinski definition) is 4. The summed E-state index contributed by atoms with van der Waals surface area (Å²) in [4.78, 5) is 27.9. The van der Waals surface area contributed by atoms with E-state index in [9.17, 15) is 9.59 Å². The van der Waals surface area contributed by atoms with Crippen molar-refractivity contribution in [1.29, 1.82) is 0 Å². The van der Waals surface area contributed by atoms with Gasteiger partial charge in [0.2, 0.25) is 17.8 Å². The molecule has 2 heterocycles. The Balaban J connectivity index is 1.85. The topological polar surface area (TPSA) is 88.9 Å². The van der Waals surface area contributed by atoms with Gasteiger partial charge in [-0.3, -0.25) is 14.9 Å². The third-order valence-electron chi connectivity index (χ3n) is 3.18. The van der Waals surface area contributed by atoms with Crippen LogP contribution in [0.4, 0.5) is 11.6 Å². The molecule has 0 unspecified atom stereocenters. The summed E-state index contributed by atoms with van der Waals surface area (Å²) in [5, 5.41) is 9.69. The van der Waals surface area contributed by atoms with Crippen LogP contribution in [0.2, 0.25) is 5.02 Å². The van der Waals surface area contributed by atoms with E-state index in [0.717, 1.165) is 5.56 Å². The van der Waals surface area contributed by atoms with Crippen molar-refractivity contribution in [2.75, 3.05) is 10.6 Å². The Kier molecular flexibility index (Phi) is 3.34. The average Bonchev–Trinajstić information content (AvgIpc) is 2.88. The minimum Gasteiger partial charge on any atom is -0.323 e. The fourth-order valence-electron chi connectivity index (χ4n) is 2.15. The third kappa shape index (κ3) is 2.59. The zero-order chi connectivity index (χ0) is 15.0. The van der Waals surface area contributed by atoms with E-state index in [2.05, 4.69) is 20.7 Å². The van der Waals surface area contributed by atoms with E-state index in [-0.39, 0.29) is 24.2 Å². The summed E-state index contributed by atoms with van der Waals surface area (Å²) in [7, 11) is 0. The second-order valence-corrected chi connectivity index (χ2v) is 5.18. The highest BCUT2D eigenvalue weighted by molar-refractivity contribution is 6.33. The van der Waals surface area contributed by atoms with E-state index in [0.29, 0.717) is 10.7 Å². The summed E-state index contributed by atoms with van der Waals surface area (Å²) < 4.78 is 1.39. The molecule has 0 saturated carbocycles. The zero-order valence-electron chi connectivity index (χ0n) is 11.1. The van der Waals surface area contributed by atoms with Crippen LogP contribution in [-0.4, -0.2) is 26.6 Å². The molecule has 0 spiro atoms. The molecule has 108 valence electrons. The van der Waals surface area contributed by atoms with Gasteiger partial charge in [0.25, 0.3) is 0 Å². The summed E-state index contributed by atoms with van der Waals surface area (Å²) >= 11 is 6.09. The van der Waals surface area contributed by atoms with Gasteiger partial charge in [-0.1, -0.05) is 17.7 Å². The number of nitrogens with one attached hydrogen (secondary N) is 2. The molecule has 0 fully saturated rings. The molecular formula is C13H12ClN5O2. The third-order valence-corrected chi connectivity index (χ3v) is 3.50. The van der Waals surface area contributed by atoms with Gasteiger partial charge in [-0.15, -0.1) is 0 Å². The Labute approximate surface area is 125 Å². The van der Waals surface area contributed by atoms with Crippen molar-refractivity contribution in [3.8, 4) is 0 Å². The van der Waals surface area contributed by atoms with Gasteiger partial charge >= 0.3 is 0 Å². The van der Waals surface area contributed by atoms with Crippen LogP contribution in [0.25, 0.3) is 0 Å². The highest BCUT2D eigenvalue weighted by Gasteiger charge is 2.32. The number of benzene rings is 1. The molecule has 0 radical (unpaired) electrons. The fraction of sp³-hybridized carbons (Fsp3) is 0.231. The molecule has 2 aromatic rings. The maximum atomic E-state index is 12.4. The van der Waals surface area contributed by atoms with Crippen molar-refractivity contribution in [2.24, 2.45) is 0 Å². The van der Waals surface area contributed by atoms with Gasteiger partial charge in [0.1, 0.15) is 12.4 Å². The van der Waals surface area contributed by atoms with Crippen LogP contribution in [0.3, 0.4) is 0 Å². The molecule has 1 aliphatic rings. The number of amides is 2. The van der Waals surface area contributed by atoms with E-state index < -0.39 is 6.04 Å². The predicted molar refractivity (Wildman–Crippen MR) is 77.1 cm³/mol. The van der Waals surface area contributed by atoms with Crippen molar-refractivity contribution in [2.45, 2.75) is 19.4 Å². The number of aryl methyl sites for hydroxylation is 1. The normalized spacial score (nSPS) is 17.0. The van der Waals surface area contributed by atoms with Gasteiger partial charge in [0.05, 0.1) is 17.1 Å². The number of anilines is 2. The quantitative estimate of drug-likeness (QED) is 0.885. The van der Waals surface area contributed by atoms with E-state index >= 15 is 0 Å². The summed E-state index contributed by atoms with van der Waals surface area (Å²) in [6, 6.07) is 4.58. The first-order valence-electron chi connectivity index (χ1n) is 6.31. The number of halogens is 1. The van der Waals surface area contributed by atoms with Gasteiger partial charge in [0, 0.05) is 0 Å². The number of carbonyl (C=O) groups excluding carboxylic acids is 2. The standard InChI is InChI=1S/C13H12ClN5O2/c1-7-2-3-9(8(14)4-7)17-12(21)10-5-11(20)18-13-15-6-16-19(10)13/h2-4,6,10H,5H2,1H3,(H,17,21)(H,15,16,18,20)/t10-/m1/s1. The minimum absolute atomic E-state index is 0.00563. The molecule has 2 N–H and O–H groups in total. The van der Waals surface area contributed by atoms with Crippen LogP contribution in [0.1, 0.15) is 18.0 Å². The molecule has 1 aromatic heterocycles.